The Hall–Kier alpha value is -2.80. The molecule has 2 amide bonds. The standard InChI is InChI=1S/C18H14FNO4S/c1-23-14-8-3-11(15(10-14)24-2)9-16-17(21)20(18(22)25-16)13-6-4-12(19)5-7-13/h3-10H,1-2H3/b16-9-. The van der Waals surface area contributed by atoms with Crippen molar-refractivity contribution in [2.45, 2.75) is 0 Å². The number of carbonyl (C=O) groups excluding carboxylic acids is 2. The van der Waals surface area contributed by atoms with Gasteiger partial charge in [-0.1, -0.05) is 0 Å². The minimum absolute atomic E-state index is 0.262. The molecule has 7 heteroatoms. The van der Waals surface area contributed by atoms with Gasteiger partial charge in [0.1, 0.15) is 17.3 Å². The van der Waals surface area contributed by atoms with E-state index in [4.69, 9.17) is 9.47 Å². The SMILES string of the molecule is COc1ccc(/C=C2\SC(=O)N(c3ccc(F)cc3)C2=O)c(OC)c1. The molecule has 0 spiro atoms. The van der Waals surface area contributed by atoms with Crippen LogP contribution in [0.4, 0.5) is 14.9 Å². The third kappa shape index (κ3) is 3.36. The Morgan fingerprint density at radius 1 is 1.04 bits per heavy atom. The van der Waals surface area contributed by atoms with Gasteiger partial charge in [0.05, 0.1) is 24.8 Å². The lowest BCUT2D eigenvalue weighted by molar-refractivity contribution is -0.113. The molecule has 0 atom stereocenters. The number of nitrogens with zero attached hydrogens (tertiary/aromatic N) is 1. The molecule has 1 aliphatic heterocycles. The second-order valence-electron chi connectivity index (χ2n) is 5.10. The Balaban J connectivity index is 1.94. The number of imide groups is 1. The number of thioether (sulfide) groups is 1. The Kier molecular flexibility index (Phi) is 4.76. The van der Waals surface area contributed by atoms with Crippen LogP contribution in [0.25, 0.3) is 6.08 Å². The largest absolute Gasteiger partial charge is 0.497 e. The van der Waals surface area contributed by atoms with Gasteiger partial charge in [-0.2, -0.15) is 0 Å². The number of carbonyl (C=O) groups is 2. The lowest BCUT2D eigenvalue weighted by atomic mass is 10.1. The minimum Gasteiger partial charge on any atom is -0.497 e. The van der Waals surface area contributed by atoms with Gasteiger partial charge in [-0.3, -0.25) is 9.59 Å². The minimum atomic E-state index is -0.459. The number of hydrogen-bond acceptors (Lipinski definition) is 5. The highest BCUT2D eigenvalue weighted by molar-refractivity contribution is 8.19. The van der Waals surface area contributed by atoms with Gasteiger partial charge in [0.15, 0.2) is 0 Å². The molecule has 128 valence electrons. The number of amides is 2. The molecule has 0 N–H and O–H groups in total. The van der Waals surface area contributed by atoms with Crippen LogP contribution >= 0.6 is 11.8 Å². The summed E-state index contributed by atoms with van der Waals surface area (Å²) >= 11 is 0.823. The molecule has 0 bridgehead atoms. The zero-order valence-electron chi connectivity index (χ0n) is 13.5. The average Bonchev–Trinajstić information content (AvgIpc) is 2.90. The maximum absolute atomic E-state index is 13.0. The fraction of sp³-hybridized carbons (Fsp3) is 0.111. The average molecular weight is 359 g/mol. The highest BCUT2D eigenvalue weighted by atomic mass is 32.2. The van der Waals surface area contributed by atoms with Gasteiger partial charge in [-0.15, -0.1) is 0 Å². The van der Waals surface area contributed by atoms with E-state index in [1.54, 1.807) is 31.4 Å². The molecule has 1 saturated heterocycles. The van der Waals surface area contributed by atoms with Crippen LogP contribution in [0.2, 0.25) is 0 Å². The van der Waals surface area contributed by atoms with Crippen LogP contribution in [0.1, 0.15) is 5.56 Å². The third-order valence-electron chi connectivity index (χ3n) is 3.61. The van der Waals surface area contributed by atoms with E-state index < -0.39 is 17.0 Å². The van der Waals surface area contributed by atoms with Gasteiger partial charge in [0.2, 0.25) is 0 Å². The van der Waals surface area contributed by atoms with Crippen LogP contribution in [-0.2, 0) is 4.79 Å². The molecule has 0 saturated carbocycles. The van der Waals surface area contributed by atoms with Gasteiger partial charge in [-0.05, 0) is 54.2 Å². The second kappa shape index (κ2) is 6.98. The van der Waals surface area contributed by atoms with Gasteiger partial charge < -0.3 is 9.47 Å². The van der Waals surface area contributed by atoms with Crippen molar-refractivity contribution in [2.24, 2.45) is 0 Å². The van der Waals surface area contributed by atoms with E-state index in [1.165, 1.54) is 31.4 Å². The molecule has 0 aromatic heterocycles. The second-order valence-corrected chi connectivity index (χ2v) is 6.09. The Bertz CT molecular complexity index is 864. The predicted molar refractivity (Wildman–Crippen MR) is 94.4 cm³/mol. The van der Waals surface area contributed by atoms with Crippen molar-refractivity contribution in [3.8, 4) is 11.5 Å². The first-order chi connectivity index (χ1) is 12.0. The molecule has 2 aromatic carbocycles. The van der Waals surface area contributed by atoms with E-state index in [2.05, 4.69) is 0 Å². The predicted octanol–water partition coefficient (Wildman–Crippen LogP) is 4.08. The molecule has 25 heavy (non-hydrogen) atoms. The fourth-order valence-electron chi connectivity index (χ4n) is 2.36. The van der Waals surface area contributed by atoms with E-state index in [9.17, 15) is 14.0 Å². The van der Waals surface area contributed by atoms with Crippen LogP contribution < -0.4 is 14.4 Å². The summed E-state index contributed by atoms with van der Waals surface area (Å²) in [4.78, 5) is 26.1. The first kappa shape index (κ1) is 17.0. The van der Waals surface area contributed by atoms with Gasteiger partial charge in [-0.25, -0.2) is 9.29 Å². The number of ether oxygens (including phenoxy) is 2. The maximum atomic E-state index is 13.0. The Morgan fingerprint density at radius 3 is 2.40 bits per heavy atom. The molecule has 5 nitrogen and oxygen atoms in total. The van der Waals surface area contributed by atoms with Gasteiger partial charge >= 0.3 is 0 Å². The number of benzene rings is 2. The van der Waals surface area contributed by atoms with E-state index in [0.717, 1.165) is 16.7 Å². The van der Waals surface area contributed by atoms with Crippen molar-refractivity contribution in [1.82, 2.24) is 0 Å². The summed E-state index contributed by atoms with van der Waals surface area (Å²) in [5.74, 6) is 0.245. The molecule has 3 rings (SSSR count). The van der Waals surface area contributed by atoms with Crippen molar-refractivity contribution in [2.75, 3.05) is 19.1 Å². The van der Waals surface area contributed by atoms with E-state index >= 15 is 0 Å². The molecular formula is C18H14FNO4S. The highest BCUT2D eigenvalue weighted by Gasteiger charge is 2.36. The number of halogens is 1. The fourth-order valence-corrected chi connectivity index (χ4v) is 3.19. The molecule has 1 aliphatic rings. The van der Waals surface area contributed by atoms with Crippen LogP contribution in [0, 0.1) is 5.82 Å². The first-order valence-corrected chi connectivity index (χ1v) is 8.10. The highest BCUT2D eigenvalue weighted by Crippen LogP contribution is 2.37. The summed E-state index contributed by atoms with van der Waals surface area (Å²) in [6, 6.07) is 10.4. The zero-order valence-corrected chi connectivity index (χ0v) is 14.3. The summed E-state index contributed by atoms with van der Waals surface area (Å²) < 4.78 is 23.5. The van der Waals surface area contributed by atoms with Crippen LogP contribution in [-0.4, -0.2) is 25.4 Å². The normalized spacial score (nSPS) is 15.8. The lowest BCUT2D eigenvalue weighted by Gasteiger charge is -2.12. The van der Waals surface area contributed by atoms with Crippen LogP contribution in [0.3, 0.4) is 0 Å². The zero-order chi connectivity index (χ0) is 18.0. The van der Waals surface area contributed by atoms with Crippen LogP contribution in [0.15, 0.2) is 47.4 Å². The van der Waals surface area contributed by atoms with Gasteiger partial charge in [0.25, 0.3) is 11.1 Å². The van der Waals surface area contributed by atoms with E-state index in [1.807, 2.05) is 0 Å². The van der Waals surface area contributed by atoms with E-state index in [-0.39, 0.29) is 4.91 Å². The summed E-state index contributed by atoms with van der Waals surface area (Å²) in [6.45, 7) is 0. The molecule has 0 aliphatic carbocycles. The Labute approximate surface area is 148 Å². The van der Waals surface area contributed by atoms with Crippen molar-refractivity contribution in [3.63, 3.8) is 0 Å². The van der Waals surface area contributed by atoms with Crippen molar-refractivity contribution < 1.29 is 23.5 Å². The molecule has 2 aromatic rings. The summed E-state index contributed by atoms with van der Waals surface area (Å²) in [6.07, 6.45) is 1.59. The smallest absolute Gasteiger partial charge is 0.298 e. The quantitative estimate of drug-likeness (QED) is 0.770. The summed E-state index contributed by atoms with van der Waals surface area (Å²) in [7, 11) is 3.05. The maximum Gasteiger partial charge on any atom is 0.298 e. The molecule has 1 heterocycles. The number of methoxy groups -OCH3 is 2. The summed E-state index contributed by atoms with van der Waals surface area (Å²) in [5, 5.41) is -0.435. The Morgan fingerprint density at radius 2 is 1.76 bits per heavy atom. The molecule has 0 radical (unpaired) electrons. The van der Waals surface area contributed by atoms with Crippen molar-refractivity contribution in [3.05, 3.63) is 58.8 Å². The monoisotopic (exact) mass is 359 g/mol. The first-order valence-electron chi connectivity index (χ1n) is 7.29. The molecular weight excluding hydrogens is 345 g/mol. The number of hydrogen-bond donors (Lipinski definition) is 0. The van der Waals surface area contributed by atoms with Crippen molar-refractivity contribution >= 4 is 34.7 Å². The summed E-state index contributed by atoms with van der Waals surface area (Å²) in [5.41, 5.74) is 0.974. The number of anilines is 1. The van der Waals surface area contributed by atoms with Crippen molar-refractivity contribution in [1.29, 1.82) is 0 Å². The molecule has 1 fully saturated rings. The lowest BCUT2D eigenvalue weighted by Crippen LogP contribution is -2.27. The third-order valence-corrected chi connectivity index (χ3v) is 4.48. The van der Waals surface area contributed by atoms with Gasteiger partial charge in [0, 0.05) is 11.6 Å². The topological polar surface area (TPSA) is 55.8 Å². The number of rotatable bonds is 4. The molecule has 0 unspecified atom stereocenters. The van der Waals surface area contributed by atoms with E-state index in [0.29, 0.717) is 22.7 Å². The van der Waals surface area contributed by atoms with Crippen LogP contribution in [0.5, 0.6) is 11.5 Å².